The lowest BCUT2D eigenvalue weighted by atomic mass is 10.1. The Bertz CT molecular complexity index is 1530. The minimum atomic E-state index is -3.84. The number of nitrogens with one attached hydrogen (secondary N) is 2. The van der Waals surface area contributed by atoms with Crippen molar-refractivity contribution in [2.45, 2.75) is 48.0 Å². The Morgan fingerprint density at radius 1 is 1.13 bits per heavy atom. The predicted octanol–water partition coefficient (Wildman–Crippen LogP) is 6.11. The van der Waals surface area contributed by atoms with Gasteiger partial charge in [-0.3, -0.25) is 14.5 Å². The molecule has 12 heteroatoms. The third kappa shape index (κ3) is 5.50. The first-order valence-corrected chi connectivity index (χ1v) is 13.9. The van der Waals surface area contributed by atoms with E-state index in [1.807, 2.05) is 31.2 Å². The van der Waals surface area contributed by atoms with E-state index >= 15 is 0 Å². The average molecular weight is 593 g/mol. The van der Waals surface area contributed by atoms with E-state index in [1.54, 1.807) is 17.0 Å². The van der Waals surface area contributed by atoms with Crippen molar-refractivity contribution in [2.24, 2.45) is 0 Å². The van der Waals surface area contributed by atoms with Gasteiger partial charge in [0, 0.05) is 41.7 Å². The topological polar surface area (TPSA) is 85.5 Å². The summed E-state index contributed by atoms with van der Waals surface area (Å²) in [5.74, 6) is -0.609. The predicted molar refractivity (Wildman–Crippen MR) is 147 cm³/mol. The molecular formula is C27H24Cl2F2N4O3S. The summed E-state index contributed by atoms with van der Waals surface area (Å²) in [4.78, 5) is 45.0. The van der Waals surface area contributed by atoms with Gasteiger partial charge in [-0.25, -0.2) is 4.79 Å². The van der Waals surface area contributed by atoms with Crippen LogP contribution < -0.4 is 15.8 Å². The number of H-pyrrole nitrogens is 1. The number of carbonyl (C=O) groups excluding carboxylic acids is 2. The molecule has 1 fully saturated rings. The molecule has 204 valence electrons. The summed E-state index contributed by atoms with van der Waals surface area (Å²) >= 11 is 12.7. The highest BCUT2D eigenvalue weighted by molar-refractivity contribution is 7.99. The number of hydrogen-bond donors (Lipinski definition) is 2. The van der Waals surface area contributed by atoms with Crippen LogP contribution in [0.5, 0.6) is 0 Å². The molecule has 0 aliphatic carbocycles. The van der Waals surface area contributed by atoms with E-state index in [-0.39, 0.29) is 29.6 Å². The zero-order valence-corrected chi connectivity index (χ0v) is 23.2. The number of urea groups is 1. The van der Waals surface area contributed by atoms with Crippen molar-refractivity contribution in [1.29, 1.82) is 0 Å². The van der Waals surface area contributed by atoms with Gasteiger partial charge in [0.25, 0.3) is 11.5 Å². The van der Waals surface area contributed by atoms with Gasteiger partial charge in [-0.2, -0.15) is 8.78 Å². The number of alkyl halides is 3. The Kier molecular flexibility index (Phi) is 7.63. The minimum absolute atomic E-state index is 0.0310. The zero-order chi connectivity index (χ0) is 27.9. The van der Waals surface area contributed by atoms with E-state index in [0.717, 1.165) is 40.9 Å². The number of fused-ring (bicyclic) bond motifs is 1. The minimum Gasteiger partial charge on any atom is -0.338 e. The quantitative estimate of drug-likeness (QED) is 0.338. The van der Waals surface area contributed by atoms with Gasteiger partial charge in [-0.05, 0) is 65.4 Å². The highest BCUT2D eigenvalue weighted by Gasteiger charge is 2.34. The number of rotatable bonds is 6. The highest BCUT2D eigenvalue weighted by Crippen LogP contribution is 2.40. The molecule has 1 aromatic heterocycles. The van der Waals surface area contributed by atoms with Gasteiger partial charge in [0.15, 0.2) is 0 Å². The SMILES string of the molecule is CCc1cccc(Cl)c1Sc1cc(C(F)(F)Cl)[nH]c(=O)c1C(=O)N1Cc2ccc(N3CCCNC3=O)cc2C1. The van der Waals surface area contributed by atoms with Crippen molar-refractivity contribution in [3.8, 4) is 0 Å². The summed E-state index contributed by atoms with van der Waals surface area (Å²) in [6, 6.07) is 11.7. The summed E-state index contributed by atoms with van der Waals surface area (Å²) in [7, 11) is 0. The van der Waals surface area contributed by atoms with Crippen LogP contribution in [-0.2, 0) is 24.9 Å². The number of pyridine rings is 1. The number of aromatic nitrogens is 1. The second-order valence-electron chi connectivity index (χ2n) is 9.28. The molecule has 0 radical (unpaired) electrons. The molecule has 2 aromatic carbocycles. The normalized spacial score (nSPS) is 15.4. The third-order valence-electron chi connectivity index (χ3n) is 6.75. The van der Waals surface area contributed by atoms with E-state index in [1.165, 1.54) is 4.90 Å². The summed E-state index contributed by atoms with van der Waals surface area (Å²) in [6.45, 7) is 3.55. The maximum Gasteiger partial charge on any atom is 0.362 e. The number of aryl methyl sites for hydroxylation is 1. The van der Waals surface area contributed by atoms with Gasteiger partial charge < -0.3 is 15.2 Å². The maximum atomic E-state index is 14.0. The van der Waals surface area contributed by atoms with Crippen molar-refractivity contribution in [3.05, 3.63) is 85.8 Å². The van der Waals surface area contributed by atoms with Gasteiger partial charge in [-0.1, -0.05) is 48.5 Å². The van der Waals surface area contributed by atoms with Crippen LogP contribution in [0.4, 0.5) is 19.3 Å². The monoisotopic (exact) mass is 592 g/mol. The van der Waals surface area contributed by atoms with Crippen molar-refractivity contribution >= 4 is 52.6 Å². The zero-order valence-electron chi connectivity index (χ0n) is 20.8. The highest BCUT2D eigenvalue weighted by atomic mass is 35.5. The van der Waals surface area contributed by atoms with Crippen LogP contribution in [0.15, 0.2) is 57.1 Å². The van der Waals surface area contributed by atoms with Crippen LogP contribution in [0.1, 0.15) is 46.1 Å². The molecule has 0 saturated carbocycles. The lowest BCUT2D eigenvalue weighted by molar-refractivity contribution is 0.0740. The first-order valence-electron chi connectivity index (χ1n) is 12.3. The Morgan fingerprint density at radius 3 is 2.62 bits per heavy atom. The van der Waals surface area contributed by atoms with E-state index in [4.69, 9.17) is 23.2 Å². The van der Waals surface area contributed by atoms with Gasteiger partial charge in [0.2, 0.25) is 0 Å². The number of anilines is 1. The van der Waals surface area contributed by atoms with E-state index < -0.39 is 22.5 Å². The van der Waals surface area contributed by atoms with E-state index in [2.05, 4.69) is 10.3 Å². The number of hydrogen-bond acceptors (Lipinski definition) is 4. The molecule has 7 nitrogen and oxygen atoms in total. The number of carbonyl (C=O) groups is 2. The molecule has 0 atom stereocenters. The summed E-state index contributed by atoms with van der Waals surface area (Å²) < 4.78 is 28.1. The van der Waals surface area contributed by atoms with E-state index in [9.17, 15) is 23.2 Å². The summed E-state index contributed by atoms with van der Waals surface area (Å²) in [6.07, 6.45) is 1.42. The molecule has 3 amide bonds. The van der Waals surface area contributed by atoms with Crippen molar-refractivity contribution < 1.29 is 18.4 Å². The summed E-state index contributed by atoms with van der Waals surface area (Å²) in [5.41, 5.74) is 1.23. The number of halogens is 4. The molecule has 2 aliphatic heterocycles. The summed E-state index contributed by atoms with van der Waals surface area (Å²) in [5, 5.41) is -0.651. The third-order valence-corrected chi connectivity index (χ3v) is 8.61. The largest absolute Gasteiger partial charge is 0.362 e. The van der Waals surface area contributed by atoms with Gasteiger partial charge >= 0.3 is 11.4 Å². The fourth-order valence-corrected chi connectivity index (χ4v) is 6.35. The Morgan fingerprint density at radius 2 is 1.90 bits per heavy atom. The molecule has 0 bridgehead atoms. The first-order chi connectivity index (χ1) is 18.6. The number of amides is 3. The van der Waals surface area contributed by atoms with Crippen LogP contribution in [0.2, 0.25) is 5.02 Å². The molecule has 1 saturated heterocycles. The molecule has 0 unspecified atom stereocenters. The Balaban J connectivity index is 1.50. The van der Waals surface area contributed by atoms with Crippen LogP contribution >= 0.6 is 35.0 Å². The van der Waals surface area contributed by atoms with Crippen LogP contribution in [-0.4, -0.2) is 34.9 Å². The molecule has 39 heavy (non-hydrogen) atoms. The smallest absolute Gasteiger partial charge is 0.338 e. The molecule has 2 N–H and O–H groups in total. The Labute approximate surface area is 237 Å². The molecule has 0 spiro atoms. The van der Waals surface area contributed by atoms with Gasteiger partial charge in [-0.15, -0.1) is 0 Å². The average Bonchev–Trinajstić information content (AvgIpc) is 3.32. The van der Waals surface area contributed by atoms with Crippen molar-refractivity contribution in [1.82, 2.24) is 15.2 Å². The molecular weight excluding hydrogens is 569 g/mol. The van der Waals surface area contributed by atoms with Crippen molar-refractivity contribution in [2.75, 3.05) is 18.0 Å². The fourth-order valence-electron chi connectivity index (χ4n) is 4.75. The molecule has 2 aliphatic rings. The molecule has 3 aromatic rings. The van der Waals surface area contributed by atoms with Crippen LogP contribution in [0.25, 0.3) is 0 Å². The van der Waals surface area contributed by atoms with Crippen LogP contribution in [0.3, 0.4) is 0 Å². The lowest BCUT2D eigenvalue weighted by Gasteiger charge is -2.27. The number of benzene rings is 2. The first kappa shape index (κ1) is 27.5. The van der Waals surface area contributed by atoms with Gasteiger partial charge in [0.05, 0.1) is 5.02 Å². The number of aromatic amines is 1. The maximum absolute atomic E-state index is 14.0. The molecule has 5 rings (SSSR count). The van der Waals surface area contributed by atoms with E-state index in [0.29, 0.717) is 35.1 Å². The van der Waals surface area contributed by atoms with Crippen LogP contribution in [0, 0.1) is 0 Å². The Hall–Kier alpha value is -3.08. The standard InChI is InChI=1S/C27H24Cl2F2N4O3S/c1-2-15-5-3-6-19(28)23(15)39-20-12-21(27(29,30)31)33-24(36)22(20)25(37)34-13-16-7-8-18(11-17(16)14-34)35-10-4-9-32-26(35)38/h3,5-8,11-12H,2,4,9-10,13-14H2,1H3,(H,32,38)(H,33,36). The van der Waals surface area contributed by atoms with Crippen molar-refractivity contribution in [3.63, 3.8) is 0 Å². The molecule has 3 heterocycles. The lowest BCUT2D eigenvalue weighted by Crippen LogP contribution is -2.46. The number of nitrogens with zero attached hydrogens (tertiary/aromatic N) is 2. The second kappa shape index (κ2) is 10.8. The second-order valence-corrected chi connectivity index (χ2v) is 11.2. The van der Waals surface area contributed by atoms with Gasteiger partial charge in [0.1, 0.15) is 11.3 Å². The fraction of sp³-hybridized carbons (Fsp3) is 0.296.